The summed E-state index contributed by atoms with van der Waals surface area (Å²) >= 11 is 1.18. The SMILES string of the molecule is CC(=O)OC(CC(NC(=O)CC1CC1)C(C)C)c1nc(C(=O)NC(Cc2ccc(F)cc2)CC(C)C(=O)O)cs1.CNCCCCCC(N)=O. The van der Waals surface area contributed by atoms with Crippen molar-refractivity contribution in [2.45, 2.75) is 110 Å². The second kappa shape index (κ2) is 22.0. The highest BCUT2D eigenvalue weighted by atomic mass is 32.1. The highest BCUT2D eigenvalue weighted by molar-refractivity contribution is 7.09. The lowest BCUT2D eigenvalue weighted by molar-refractivity contribution is -0.147. The maximum Gasteiger partial charge on any atom is 0.306 e. The number of nitrogens with two attached hydrogens (primary N) is 1. The fourth-order valence-electron chi connectivity index (χ4n) is 5.18. The van der Waals surface area contributed by atoms with Gasteiger partial charge in [0.05, 0.1) is 5.92 Å². The topological polar surface area (TPSA) is 190 Å². The normalized spacial score (nSPS) is 14.8. The summed E-state index contributed by atoms with van der Waals surface area (Å²) in [6.45, 7) is 7.85. The lowest BCUT2D eigenvalue weighted by Gasteiger charge is -2.26. The third-order valence-corrected chi connectivity index (χ3v) is 9.21. The van der Waals surface area contributed by atoms with Crippen LogP contribution in [-0.2, 0) is 30.3 Å². The zero-order valence-electron chi connectivity index (χ0n) is 29.8. The first kappa shape index (κ1) is 42.3. The van der Waals surface area contributed by atoms with Crippen LogP contribution in [0.3, 0.4) is 0 Å². The standard InChI is InChI=1S/C29H38FN3O6S.C7H16N2O/c1-16(2)23(32-26(35)13-20-5-6-20)14-25(39-18(4)34)28-33-24(15-40-28)27(36)31-22(11-17(3)29(37)38)12-19-7-9-21(30)10-8-19;1-9-6-4-2-3-5-7(8)10/h7-10,15-17,20,22-23,25H,5-6,11-14H2,1-4H3,(H,31,36)(H,32,35)(H,37,38);9H,2-6H2,1H3,(H2,8,10). The van der Waals surface area contributed by atoms with Crippen LogP contribution >= 0.6 is 11.3 Å². The summed E-state index contributed by atoms with van der Waals surface area (Å²) in [5.41, 5.74) is 5.82. The Kier molecular flexibility index (Phi) is 18.6. The molecule has 0 saturated heterocycles. The van der Waals surface area contributed by atoms with E-state index >= 15 is 0 Å². The van der Waals surface area contributed by atoms with Crippen LogP contribution in [0.1, 0.15) is 113 Å². The fraction of sp³-hybridized carbons (Fsp3) is 0.611. The third-order valence-electron chi connectivity index (χ3n) is 8.27. The van der Waals surface area contributed by atoms with Gasteiger partial charge in [0, 0.05) is 43.6 Å². The van der Waals surface area contributed by atoms with Gasteiger partial charge in [-0.1, -0.05) is 39.3 Å². The smallest absolute Gasteiger partial charge is 0.306 e. The molecule has 14 heteroatoms. The number of aliphatic carboxylic acids is 1. The second-order valence-corrected chi connectivity index (χ2v) is 14.2. The number of carbonyl (C=O) groups is 5. The number of carboxylic acids is 1. The van der Waals surface area contributed by atoms with Crippen molar-refractivity contribution in [3.8, 4) is 0 Å². The van der Waals surface area contributed by atoms with E-state index in [1.807, 2.05) is 20.9 Å². The van der Waals surface area contributed by atoms with Crippen molar-refractivity contribution in [2.75, 3.05) is 13.6 Å². The quantitative estimate of drug-likeness (QED) is 0.0881. The number of thiazole rings is 1. The Bertz CT molecular complexity index is 1380. The van der Waals surface area contributed by atoms with E-state index in [2.05, 4.69) is 20.9 Å². The average Bonchev–Trinajstić information content (AvgIpc) is 3.71. The van der Waals surface area contributed by atoms with Gasteiger partial charge in [-0.2, -0.15) is 0 Å². The predicted molar refractivity (Wildman–Crippen MR) is 190 cm³/mol. The molecule has 1 aliphatic rings. The van der Waals surface area contributed by atoms with Gasteiger partial charge in [0.1, 0.15) is 16.5 Å². The van der Waals surface area contributed by atoms with Gasteiger partial charge in [0.2, 0.25) is 11.8 Å². The van der Waals surface area contributed by atoms with Gasteiger partial charge in [-0.15, -0.1) is 11.3 Å². The van der Waals surface area contributed by atoms with Crippen molar-refractivity contribution < 1.29 is 38.2 Å². The molecule has 1 fully saturated rings. The molecule has 0 radical (unpaired) electrons. The number of unbranched alkanes of at least 4 members (excludes halogenated alkanes) is 2. The Morgan fingerprint density at radius 2 is 1.72 bits per heavy atom. The second-order valence-electron chi connectivity index (χ2n) is 13.3. The van der Waals surface area contributed by atoms with E-state index < -0.39 is 35.9 Å². The first-order valence-corrected chi connectivity index (χ1v) is 18.2. The number of ether oxygens (including phenoxy) is 1. The fourth-order valence-corrected chi connectivity index (χ4v) is 6.02. The summed E-state index contributed by atoms with van der Waals surface area (Å²) in [5.74, 6) is -2.77. The highest BCUT2D eigenvalue weighted by Gasteiger charge is 2.30. The number of hydrogen-bond acceptors (Lipinski definition) is 9. The van der Waals surface area contributed by atoms with E-state index in [4.69, 9.17) is 10.5 Å². The van der Waals surface area contributed by atoms with Crippen molar-refractivity contribution in [1.29, 1.82) is 0 Å². The Morgan fingerprint density at radius 3 is 2.28 bits per heavy atom. The van der Waals surface area contributed by atoms with Gasteiger partial charge >= 0.3 is 11.9 Å². The van der Waals surface area contributed by atoms with Crippen LogP contribution in [0, 0.1) is 23.6 Å². The number of esters is 1. The Labute approximate surface area is 298 Å². The van der Waals surface area contributed by atoms with Crippen molar-refractivity contribution in [3.05, 3.63) is 51.7 Å². The minimum absolute atomic E-state index is 0.0234. The summed E-state index contributed by atoms with van der Waals surface area (Å²) in [6, 6.07) is 5.03. The first-order valence-electron chi connectivity index (χ1n) is 17.3. The van der Waals surface area contributed by atoms with Gasteiger partial charge in [-0.3, -0.25) is 24.0 Å². The molecule has 3 rings (SSSR count). The van der Waals surface area contributed by atoms with Crippen LogP contribution in [-0.4, -0.2) is 65.4 Å². The molecular weight excluding hydrogens is 665 g/mol. The summed E-state index contributed by atoms with van der Waals surface area (Å²) in [5, 5.41) is 20.4. The van der Waals surface area contributed by atoms with E-state index in [1.165, 1.54) is 30.4 Å². The van der Waals surface area contributed by atoms with Crippen LogP contribution in [0.25, 0.3) is 0 Å². The molecule has 1 saturated carbocycles. The van der Waals surface area contributed by atoms with Crippen LogP contribution in [0.5, 0.6) is 0 Å². The molecule has 3 amide bonds. The Hall–Kier alpha value is -3.91. The lowest BCUT2D eigenvalue weighted by atomic mass is 9.96. The summed E-state index contributed by atoms with van der Waals surface area (Å²) in [4.78, 5) is 63.7. The molecule has 1 aliphatic carbocycles. The number of nitrogens with one attached hydrogen (secondary N) is 3. The van der Waals surface area contributed by atoms with Gasteiger partial charge < -0.3 is 31.5 Å². The summed E-state index contributed by atoms with van der Waals surface area (Å²) in [7, 11) is 1.92. The third kappa shape index (κ3) is 17.1. The Balaban J connectivity index is 0.000000752. The maximum absolute atomic E-state index is 13.3. The number of hydrogen-bond donors (Lipinski definition) is 5. The van der Waals surface area contributed by atoms with Crippen LogP contribution in [0.4, 0.5) is 4.39 Å². The number of amides is 3. The number of benzene rings is 1. The van der Waals surface area contributed by atoms with E-state index in [1.54, 1.807) is 24.4 Å². The number of rotatable bonds is 21. The molecule has 0 bridgehead atoms. The maximum atomic E-state index is 13.3. The number of nitrogens with zero attached hydrogens (tertiary/aromatic N) is 1. The molecule has 6 N–H and O–H groups in total. The molecule has 50 heavy (non-hydrogen) atoms. The van der Waals surface area contributed by atoms with Gasteiger partial charge in [-0.05, 0) is 81.6 Å². The van der Waals surface area contributed by atoms with Gasteiger partial charge in [0.15, 0.2) is 6.10 Å². The van der Waals surface area contributed by atoms with Crippen molar-refractivity contribution in [1.82, 2.24) is 20.9 Å². The van der Waals surface area contributed by atoms with Crippen LogP contribution < -0.4 is 21.7 Å². The minimum atomic E-state index is -0.984. The number of carbonyl (C=O) groups excluding carboxylic acids is 4. The molecule has 2 aromatic rings. The zero-order chi connectivity index (χ0) is 37.2. The number of carboxylic acid groups (broad SMARTS) is 1. The number of primary amides is 1. The monoisotopic (exact) mass is 719 g/mol. The molecule has 0 aliphatic heterocycles. The molecule has 1 aromatic carbocycles. The molecular formula is C36H54FN5O7S. The van der Waals surface area contributed by atoms with E-state index in [9.17, 15) is 33.5 Å². The average molecular weight is 720 g/mol. The molecule has 12 nitrogen and oxygen atoms in total. The zero-order valence-corrected chi connectivity index (χ0v) is 30.7. The minimum Gasteiger partial charge on any atom is -0.481 e. The molecule has 4 atom stereocenters. The van der Waals surface area contributed by atoms with E-state index in [0.717, 1.165) is 44.2 Å². The van der Waals surface area contributed by atoms with Crippen molar-refractivity contribution in [2.24, 2.45) is 23.5 Å². The van der Waals surface area contributed by atoms with E-state index in [0.29, 0.717) is 36.6 Å². The lowest BCUT2D eigenvalue weighted by Crippen LogP contribution is -2.40. The Morgan fingerprint density at radius 1 is 1.04 bits per heavy atom. The predicted octanol–water partition coefficient (Wildman–Crippen LogP) is 4.92. The first-order chi connectivity index (χ1) is 23.7. The molecule has 1 aromatic heterocycles. The van der Waals surface area contributed by atoms with Crippen LogP contribution in [0.2, 0.25) is 0 Å². The number of aromatic nitrogens is 1. The van der Waals surface area contributed by atoms with Crippen molar-refractivity contribution in [3.63, 3.8) is 0 Å². The van der Waals surface area contributed by atoms with Crippen molar-refractivity contribution >= 4 is 41.0 Å². The molecule has 4 unspecified atom stereocenters. The molecule has 1 heterocycles. The highest BCUT2D eigenvalue weighted by Crippen LogP contribution is 2.33. The summed E-state index contributed by atoms with van der Waals surface area (Å²) < 4.78 is 18.9. The van der Waals surface area contributed by atoms with Crippen LogP contribution in [0.15, 0.2) is 29.6 Å². The van der Waals surface area contributed by atoms with Gasteiger partial charge in [-0.25, -0.2) is 9.37 Å². The largest absolute Gasteiger partial charge is 0.481 e. The summed E-state index contributed by atoms with van der Waals surface area (Å²) in [6.07, 6.45) is 6.34. The van der Waals surface area contributed by atoms with Gasteiger partial charge in [0.25, 0.3) is 5.91 Å². The molecule has 278 valence electrons. The molecule has 0 spiro atoms. The van der Waals surface area contributed by atoms with E-state index in [-0.39, 0.29) is 41.7 Å². The number of halogens is 1.